The first kappa shape index (κ1) is 10.3. The molecule has 0 aliphatic carbocycles. The van der Waals surface area contributed by atoms with Gasteiger partial charge in [-0.3, -0.25) is 9.00 Å². The van der Waals surface area contributed by atoms with Crippen LogP contribution in [0.2, 0.25) is 0 Å². The van der Waals surface area contributed by atoms with E-state index in [1.807, 2.05) is 13.8 Å². The standard InChI is InChI=1S/C8H14O2S2/c1-3-4-7(9)8(2)11-5-6-12(8)10/h3-6H2,1-2H3/t8-,12?/m1/s1. The first-order valence-electron chi connectivity index (χ1n) is 4.17. The van der Waals surface area contributed by atoms with Crippen molar-refractivity contribution in [2.24, 2.45) is 0 Å². The molecular formula is C8H14O2S2. The van der Waals surface area contributed by atoms with Gasteiger partial charge >= 0.3 is 0 Å². The van der Waals surface area contributed by atoms with Crippen molar-refractivity contribution in [3.63, 3.8) is 0 Å². The Balaban J connectivity index is 2.70. The van der Waals surface area contributed by atoms with Crippen molar-refractivity contribution >= 4 is 28.3 Å². The number of Topliss-reactive ketones (excluding diaryl/α,β-unsaturated/α-hetero) is 1. The normalized spacial score (nSPS) is 35.3. The lowest BCUT2D eigenvalue weighted by Gasteiger charge is -2.18. The third-order valence-electron chi connectivity index (χ3n) is 2.06. The number of carbonyl (C=O) groups is 1. The van der Waals surface area contributed by atoms with Gasteiger partial charge in [-0.1, -0.05) is 6.92 Å². The van der Waals surface area contributed by atoms with E-state index in [0.29, 0.717) is 12.2 Å². The van der Waals surface area contributed by atoms with Crippen molar-refractivity contribution in [3.8, 4) is 0 Å². The van der Waals surface area contributed by atoms with Crippen LogP contribution in [0.3, 0.4) is 0 Å². The van der Waals surface area contributed by atoms with Gasteiger partial charge in [0.25, 0.3) is 0 Å². The number of ketones is 1. The number of hydrogen-bond acceptors (Lipinski definition) is 3. The van der Waals surface area contributed by atoms with Crippen molar-refractivity contribution in [1.82, 2.24) is 0 Å². The van der Waals surface area contributed by atoms with Crippen LogP contribution in [0.4, 0.5) is 0 Å². The number of thioether (sulfide) groups is 1. The quantitative estimate of drug-likeness (QED) is 0.703. The van der Waals surface area contributed by atoms with E-state index in [2.05, 4.69) is 0 Å². The molecule has 0 aromatic carbocycles. The van der Waals surface area contributed by atoms with Gasteiger partial charge in [-0.05, 0) is 13.3 Å². The fraction of sp³-hybridized carbons (Fsp3) is 0.875. The summed E-state index contributed by atoms with van der Waals surface area (Å²) in [6.07, 6.45) is 1.42. The third-order valence-corrected chi connectivity index (χ3v) is 6.09. The smallest absolute Gasteiger partial charge is 0.161 e. The highest BCUT2D eigenvalue weighted by Crippen LogP contribution is 2.37. The molecule has 1 aliphatic heterocycles. The van der Waals surface area contributed by atoms with Crippen molar-refractivity contribution in [2.45, 2.75) is 30.8 Å². The van der Waals surface area contributed by atoms with Crippen LogP contribution in [0.5, 0.6) is 0 Å². The molecule has 70 valence electrons. The minimum Gasteiger partial charge on any atom is -0.297 e. The molecule has 1 rings (SSSR count). The molecule has 2 nitrogen and oxygen atoms in total. The predicted molar refractivity (Wildman–Crippen MR) is 53.8 cm³/mol. The van der Waals surface area contributed by atoms with Crippen molar-refractivity contribution in [3.05, 3.63) is 0 Å². The number of hydrogen-bond donors (Lipinski definition) is 0. The van der Waals surface area contributed by atoms with Gasteiger partial charge in [-0.2, -0.15) is 0 Å². The molecule has 0 aromatic heterocycles. The average Bonchev–Trinajstić information content (AvgIpc) is 2.34. The Hall–Kier alpha value is 0.170. The summed E-state index contributed by atoms with van der Waals surface area (Å²) in [6, 6.07) is 0. The summed E-state index contributed by atoms with van der Waals surface area (Å²) in [7, 11) is -0.944. The molecule has 0 N–H and O–H groups in total. The lowest BCUT2D eigenvalue weighted by Crippen LogP contribution is -2.33. The second-order valence-electron chi connectivity index (χ2n) is 3.02. The van der Waals surface area contributed by atoms with Gasteiger partial charge in [0.2, 0.25) is 0 Å². The fourth-order valence-corrected chi connectivity index (χ4v) is 4.60. The molecule has 1 unspecified atom stereocenters. The summed E-state index contributed by atoms with van der Waals surface area (Å²) in [5.41, 5.74) is 0. The third kappa shape index (κ3) is 1.74. The minimum absolute atomic E-state index is 0.158. The van der Waals surface area contributed by atoms with E-state index in [9.17, 15) is 9.00 Å². The van der Waals surface area contributed by atoms with E-state index in [-0.39, 0.29) is 5.78 Å². The van der Waals surface area contributed by atoms with Gasteiger partial charge in [-0.15, -0.1) is 11.8 Å². The van der Waals surface area contributed by atoms with Crippen LogP contribution in [0.1, 0.15) is 26.7 Å². The maximum Gasteiger partial charge on any atom is 0.161 e. The van der Waals surface area contributed by atoms with E-state index in [1.54, 1.807) is 11.8 Å². The summed E-state index contributed by atoms with van der Waals surface area (Å²) in [5, 5.41) is 0. The highest BCUT2D eigenvalue weighted by Gasteiger charge is 2.42. The molecule has 0 bridgehead atoms. The van der Waals surface area contributed by atoms with E-state index in [1.165, 1.54) is 0 Å². The highest BCUT2D eigenvalue weighted by atomic mass is 32.2. The zero-order valence-corrected chi connectivity index (χ0v) is 9.09. The SMILES string of the molecule is CCCC(=O)[C@]1(C)SCCS1=O. The molecule has 0 amide bonds. The zero-order chi connectivity index (χ0) is 9.19. The lowest BCUT2D eigenvalue weighted by molar-refractivity contribution is -0.119. The Morgan fingerprint density at radius 3 is 2.75 bits per heavy atom. The van der Waals surface area contributed by atoms with Gasteiger partial charge < -0.3 is 0 Å². The first-order valence-corrected chi connectivity index (χ1v) is 6.47. The highest BCUT2D eigenvalue weighted by molar-refractivity contribution is 8.16. The molecule has 4 heteroatoms. The second-order valence-corrected chi connectivity index (χ2v) is 6.70. The minimum atomic E-state index is -0.944. The molecule has 0 spiro atoms. The van der Waals surface area contributed by atoms with Gasteiger partial charge in [0.1, 0.15) is 4.08 Å². The van der Waals surface area contributed by atoms with Crippen molar-refractivity contribution in [1.29, 1.82) is 0 Å². The van der Waals surface area contributed by atoms with Crippen LogP contribution in [0.15, 0.2) is 0 Å². The molecule has 12 heavy (non-hydrogen) atoms. The lowest BCUT2D eigenvalue weighted by atomic mass is 10.2. The molecule has 2 atom stereocenters. The van der Waals surface area contributed by atoms with Crippen molar-refractivity contribution in [2.75, 3.05) is 11.5 Å². The van der Waals surface area contributed by atoms with Crippen LogP contribution in [-0.4, -0.2) is 25.6 Å². The van der Waals surface area contributed by atoms with Crippen LogP contribution in [-0.2, 0) is 15.6 Å². The molecule has 0 radical (unpaired) electrons. The largest absolute Gasteiger partial charge is 0.297 e. The molecular weight excluding hydrogens is 192 g/mol. The van der Waals surface area contributed by atoms with Gasteiger partial charge in [-0.25, -0.2) is 0 Å². The summed E-state index contributed by atoms with van der Waals surface area (Å²) in [4.78, 5) is 11.6. The molecule has 1 fully saturated rings. The summed E-state index contributed by atoms with van der Waals surface area (Å²) >= 11 is 1.55. The van der Waals surface area contributed by atoms with Crippen LogP contribution < -0.4 is 0 Å². The Labute approximate surface area is 79.9 Å². The molecule has 1 heterocycles. The number of carbonyl (C=O) groups excluding carboxylic acids is 1. The molecule has 0 aromatic rings. The monoisotopic (exact) mass is 206 g/mol. The fourth-order valence-electron chi connectivity index (χ4n) is 1.23. The summed E-state index contributed by atoms with van der Waals surface area (Å²) in [6.45, 7) is 3.79. The zero-order valence-electron chi connectivity index (χ0n) is 7.46. The molecule has 1 aliphatic rings. The van der Waals surface area contributed by atoms with E-state index in [0.717, 1.165) is 12.2 Å². The Bertz CT molecular complexity index is 215. The molecule has 1 saturated heterocycles. The van der Waals surface area contributed by atoms with Crippen LogP contribution in [0, 0.1) is 0 Å². The Morgan fingerprint density at radius 1 is 1.67 bits per heavy atom. The van der Waals surface area contributed by atoms with Crippen molar-refractivity contribution < 1.29 is 9.00 Å². The maximum absolute atomic E-state index is 11.6. The Kier molecular flexibility index (Phi) is 3.35. The van der Waals surface area contributed by atoms with E-state index < -0.39 is 14.9 Å². The predicted octanol–water partition coefficient (Wildman–Crippen LogP) is 1.57. The van der Waals surface area contributed by atoms with Gasteiger partial charge in [0.15, 0.2) is 5.78 Å². The van der Waals surface area contributed by atoms with Crippen LogP contribution >= 0.6 is 11.8 Å². The van der Waals surface area contributed by atoms with Gasteiger partial charge in [0, 0.05) is 28.7 Å². The molecule has 0 saturated carbocycles. The first-order chi connectivity index (χ1) is 5.61. The van der Waals surface area contributed by atoms with E-state index in [4.69, 9.17) is 0 Å². The average molecular weight is 206 g/mol. The summed E-state index contributed by atoms with van der Waals surface area (Å²) in [5.74, 6) is 1.70. The Morgan fingerprint density at radius 2 is 2.33 bits per heavy atom. The van der Waals surface area contributed by atoms with E-state index >= 15 is 0 Å². The number of rotatable bonds is 3. The topological polar surface area (TPSA) is 34.1 Å². The van der Waals surface area contributed by atoms with Gasteiger partial charge in [0.05, 0.1) is 0 Å². The second kappa shape index (κ2) is 3.92. The van der Waals surface area contributed by atoms with Crippen LogP contribution in [0.25, 0.3) is 0 Å². The summed E-state index contributed by atoms with van der Waals surface area (Å²) < 4.78 is 10.9. The maximum atomic E-state index is 11.6.